The number of benzene rings is 2. The third kappa shape index (κ3) is 2.75. The van der Waals surface area contributed by atoms with Crippen LogP contribution in [0.2, 0.25) is 0 Å². The van der Waals surface area contributed by atoms with Crippen LogP contribution in [0.4, 0.5) is 0 Å². The molecule has 18 heavy (non-hydrogen) atoms. The van der Waals surface area contributed by atoms with E-state index < -0.39 is 0 Å². The van der Waals surface area contributed by atoms with Gasteiger partial charge in [-0.3, -0.25) is 0 Å². The molecule has 0 amide bonds. The second kappa shape index (κ2) is 5.65. The summed E-state index contributed by atoms with van der Waals surface area (Å²) in [5, 5.41) is 8.92. The molecule has 2 aromatic rings. The van der Waals surface area contributed by atoms with Crippen LogP contribution in [0.3, 0.4) is 0 Å². The van der Waals surface area contributed by atoms with Crippen molar-refractivity contribution in [2.45, 2.75) is 0 Å². The third-order valence-electron chi connectivity index (χ3n) is 2.68. The summed E-state index contributed by atoms with van der Waals surface area (Å²) in [7, 11) is 0. The van der Waals surface area contributed by atoms with Crippen LogP contribution < -0.4 is 0 Å². The molecule has 1 nitrogen and oxygen atoms in total. The Kier molecular flexibility index (Phi) is 3.73. The van der Waals surface area contributed by atoms with Gasteiger partial charge in [-0.05, 0) is 16.7 Å². The zero-order chi connectivity index (χ0) is 12.8. The fraction of sp³-hybridized carbons (Fsp3) is 0. The number of nitrogens with zero attached hydrogens (tertiary/aromatic N) is 1. The van der Waals surface area contributed by atoms with Gasteiger partial charge in [-0.25, -0.2) is 0 Å². The minimum absolute atomic E-state index is 0.489. The molecule has 0 radical (unpaired) electrons. The molecule has 0 atom stereocenters. The van der Waals surface area contributed by atoms with E-state index in [1.165, 1.54) is 0 Å². The summed E-state index contributed by atoms with van der Waals surface area (Å²) in [5.74, 6) is 0. The maximum absolute atomic E-state index is 8.92. The van der Waals surface area contributed by atoms with Crippen molar-refractivity contribution in [2.24, 2.45) is 0 Å². The molecular formula is C17H13N. The predicted octanol–water partition coefficient (Wildman–Crippen LogP) is 4.39. The van der Waals surface area contributed by atoms with Gasteiger partial charge in [0.05, 0.1) is 11.6 Å². The maximum atomic E-state index is 8.92. The van der Waals surface area contributed by atoms with E-state index in [4.69, 9.17) is 5.26 Å². The van der Waals surface area contributed by atoms with Crippen LogP contribution in [0.15, 0.2) is 61.2 Å². The number of rotatable bonds is 3. The molecule has 0 saturated carbocycles. The summed E-state index contributed by atoms with van der Waals surface area (Å²) in [6, 6.07) is 19.9. The first kappa shape index (κ1) is 11.9. The monoisotopic (exact) mass is 231 g/mol. The Morgan fingerprint density at radius 2 is 1.61 bits per heavy atom. The molecule has 86 valence electrons. The molecule has 0 aliphatic heterocycles. The maximum Gasteiger partial charge on any atom is 0.0991 e. The van der Waals surface area contributed by atoms with E-state index in [1.807, 2.05) is 66.7 Å². The smallest absolute Gasteiger partial charge is 0.0991 e. The molecule has 0 aromatic heterocycles. The molecule has 2 rings (SSSR count). The Morgan fingerprint density at radius 3 is 2.33 bits per heavy atom. The molecule has 0 fully saturated rings. The van der Waals surface area contributed by atoms with Crippen LogP contribution in [0, 0.1) is 11.3 Å². The minimum atomic E-state index is 0.489. The highest BCUT2D eigenvalue weighted by molar-refractivity contribution is 5.83. The van der Waals surface area contributed by atoms with Crippen LogP contribution >= 0.6 is 0 Å². The van der Waals surface area contributed by atoms with Crippen molar-refractivity contribution in [3.63, 3.8) is 0 Å². The summed E-state index contributed by atoms with van der Waals surface area (Å²) >= 11 is 0. The molecular weight excluding hydrogens is 218 g/mol. The molecule has 0 aliphatic rings. The Labute approximate surface area is 107 Å². The fourth-order valence-corrected chi connectivity index (χ4v) is 1.73. The van der Waals surface area contributed by atoms with Crippen molar-refractivity contribution in [2.75, 3.05) is 0 Å². The van der Waals surface area contributed by atoms with Crippen LogP contribution in [0.25, 0.3) is 17.7 Å². The number of allylic oxidation sites excluding steroid dienone is 1. The first-order valence-corrected chi connectivity index (χ1v) is 5.73. The van der Waals surface area contributed by atoms with Gasteiger partial charge in [0.25, 0.3) is 0 Å². The number of hydrogen-bond acceptors (Lipinski definition) is 1. The lowest BCUT2D eigenvalue weighted by Crippen LogP contribution is -1.84. The van der Waals surface area contributed by atoms with E-state index in [9.17, 15) is 0 Å². The first-order valence-electron chi connectivity index (χ1n) is 5.73. The normalized spacial score (nSPS) is 10.2. The topological polar surface area (TPSA) is 23.8 Å². The Hall–Kier alpha value is -2.59. The van der Waals surface area contributed by atoms with E-state index in [0.717, 1.165) is 16.7 Å². The summed E-state index contributed by atoms with van der Waals surface area (Å²) in [5.41, 5.74) is 3.51. The second-order valence-corrected chi connectivity index (χ2v) is 3.92. The van der Waals surface area contributed by atoms with Crippen molar-refractivity contribution in [1.82, 2.24) is 0 Å². The standard InChI is InChI=1S/C17H13N/c1-14(13-18)17-10-6-5-9-16(17)12-11-15-7-3-2-4-8-15/h2-12H,1H2/b12-11+. The van der Waals surface area contributed by atoms with Gasteiger partial charge in [0.2, 0.25) is 0 Å². The van der Waals surface area contributed by atoms with Gasteiger partial charge < -0.3 is 0 Å². The highest BCUT2D eigenvalue weighted by Crippen LogP contribution is 2.19. The van der Waals surface area contributed by atoms with Crippen molar-refractivity contribution >= 4 is 17.7 Å². The molecule has 0 bridgehead atoms. The van der Waals surface area contributed by atoms with E-state index >= 15 is 0 Å². The predicted molar refractivity (Wildman–Crippen MR) is 76.5 cm³/mol. The average molecular weight is 231 g/mol. The van der Waals surface area contributed by atoms with Gasteiger partial charge in [0, 0.05) is 0 Å². The van der Waals surface area contributed by atoms with Crippen LogP contribution in [0.5, 0.6) is 0 Å². The molecule has 0 aliphatic carbocycles. The molecule has 0 unspecified atom stereocenters. The van der Waals surface area contributed by atoms with Crippen LogP contribution in [-0.2, 0) is 0 Å². The molecule has 0 spiro atoms. The second-order valence-electron chi connectivity index (χ2n) is 3.92. The zero-order valence-electron chi connectivity index (χ0n) is 10.0. The summed E-state index contributed by atoms with van der Waals surface area (Å²) < 4.78 is 0. The Morgan fingerprint density at radius 1 is 0.944 bits per heavy atom. The van der Waals surface area contributed by atoms with Gasteiger partial charge in [-0.15, -0.1) is 0 Å². The van der Waals surface area contributed by atoms with E-state index in [-0.39, 0.29) is 0 Å². The molecule has 0 heterocycles. The van der Waals surface area contributed by atoms with Gasteiger partial charge in [0.15, 0.2) is 0 Å². The number of nitriles is 1. The third-order valence-corrected chi connectivity index (χ3v) is 2.68. The SMILES string of the molecule is C=C(C#N)c1ccccc1/C=C/c1ccccc1. The largest absolute Gasteiger partial charge is 0.192 e. The number of hydrogen-bond donors (Lipinski definition) is 0. The summed E-state index contributed by atoms with van der Waals surface area (Å²) in [4.78, 5) is 0. The summed E-state index contributed by atoms with van der Waals surface area (Å²) in [6.07, 6.45) is 4.04. The first-order chi connectivity index (χ1) is 8.81. The minimum Gasteiger partial charge on any atom is -0.192 e. The van der Waals surface area contributed by atoms with Crippen LogP contribution in [0.1, 0.15) is 16.7 Å². The van der Waals surface area contributed by atoms with E-state index in [0.29, 0.717) is 5.57 Å². The fourth-order valence-electron chi connectivity index (χ4n) is 1.73. The lowest BCUT2D eigenvalue weighted by Gasteiger charge is -2.02. The zero-order valence-corrected chi connectivity index (χ0v) is 10.0. The van der Waals surface area contributed by atoms with Gasteiger partial charge >= 0.3 is 0 Å². The average Bonchev–Trinajstić information content (AvgIpc) is 2.45. The Bertz CT molecular complexity index is 616. The highest BCUT2D eigenvalue weighted by Gasteiger charge is 2.01. The van der Waals surface area contributed by atoms with E-state index in [1.54, 1.807) is 0 Å². The molecule has 1 heteroatoms. The molecule has 0 N–H and O–H groups in total. The van der Waals surface area contributed by atoms with Crippen molar-refractivity contribution < 1.29 is 0 Å². The van der Waals surface area contributed by atoms with Crippen LogP contribution in [-0.4, -0.2) is 0 Å². The summed E-state index contributed by atoms with van der Waals surface area (Å²) in [6.45, 7) is 3.76. The van der Waals surface area contributed by atoms with Gasteiger partial charge in [-0.1, -0.05) is 73.3 Å². The van der Waals surface area contributed by atoms with Crippen molar-refractivity contribution in [3.05, 3.63) is 77.9 Å². The quantitative estimate of drug-likeness (QED) is 0.567. The van der Waals surface area contributed by atoms with Gasteiger partial charge in [-0.2, -0.15) is 5.26 Å². The van der Waals surface area contributed by atoms with E-state index in [2.05, 4.69) is 12.6 Å². The molecule has 2 aromatic carbocycles. The van der Waals surface area contributed by atoms with Crippen molar-refractivity contribution in [1.29, 1.82) is 5.26 Å². The van der Waals surface area contributed by atoms with Gasteiger partial charge in [0.1, 0.15) is 0 Å². The molecule has 0 saturated heterocycles. The lowest BCUT2D eigenvalue weighted by molar-refractivity contribution is 1.52. The van der Waals surface area contributed by atoms with Crippen molar-refractivity contribution in [3.8, 4) is 6.07 Å². The highest BCUT2D eigenvalue weighted by atomic mass is 14.2. The lowest BCUT2D eigenvalue weighted by atomic mass is 10.0. The Balaban J connectivity index is 2.33.